The predicted molar refractivity (Wildman–Crippen MR) is 138 cm³/mol. The molecule has 0 aliphatic carbocycles. The molecule has 0 bridgehead atoms. The van der Waals surface area contributed by atoms with E-state index in [1.807, 2.05) is 0 Å². The molecule has 2 fully saturated rings. The third-order valence-electron chi connectivity index (χ3n) is 6.45. The summed E-state index contributed by atoms with van der Waals surface area (Å²) < 4.78 is 36.8. The Balaban J connectivity index is 1.78. The van der Waals surface area contributed by atoms with E-state index >= 15 is 0 Å². The van der Waals surface area contributed by atoms with E-state index in [1.165, 1.54) is 48.5 Å². The smallest absolute Gasteiger partial charge is 0.362 e. The number of sulfone groups is 1. The van der Waals surface area contributed by atoms with Gasteiger partial charge in [-0.05, 0) is 62.5 Å². The van der Waals surface area contributed by atoms with E-state index in [0.29, 0.717) is 11.3 Å². The number of nitrogens with zero attached hydrogens (tertiary/aromatic N) is 3. The number of fused-ring (bicyclic) bond motifs is 1. The molecule has 0 spiro atoms. The molecule has 3 amide bonds. The van der Waals surface area contributed by atoms with Crippen LogP contribution in [0.2, 0.25) is 0 Å². The zero-order valence-electron chi connectivity index (χ0n) is 20.1. The van der Waals surface area contributed by atoms with Gasteiger partial charge in [0.05, 0.1) is 9.64 Å². The lowest BCUT2D eigenvalue weighted by molar-refractivity contribution is -0.126. The molecule has 194 valence electrons. The Morgan fingerprint density at radius 2 is 1.69 bits per heavy atom. The Bertz CT molecular complexity index is 1380. The maximum absolute atomic E-state index is 14.9. The number of hydrogen-bond acceptors (Lipinski definition) is 6. The number of imide groups is 1. The molecule has 36 heavy (non-hydrogen) atoms. The van der Waals surface area contributed by atoms with Gasteiger partial charge in [-0.3, -0.25) is 4.79 Å². The number of nitrogens with one attached hydrogen (secondary N) is 1. The first-order valence-electron chi connectivity index (χ1n) is 10.9. The minimum atomic E-state index is -3.62. The Morgan fingerprint density at radius 3 is 2.22 bits per heavy atom. The van der Waals surface area contributed by atoms with E-state index in [-0.39, 0.29) is 10.6 Å². The van der Waals surface area contributed by atoms with Crippen molar-refractivity contribution in [1.29, 1.82) is 0 Å². The maximum atomic E-state index is 14.9. The summed E-state index contributed by atoms with van der Waals surface area (Å²) in [6.07, 6.45) is -2.41. The SMILES string of the molecule is Cc1cc(S(=O)(=O)C(C)(C)C)ccc1NC(N1C2C(=O)N(C)C(=O)[N+]21c1ccccc1F)C(Cl)(Cl)Cl. The topological polar surface area (TPSA) is 86.6 Å². The third kappa shape index (κ3) is 3.90. The van der Waals surface area contributed by atoms with Crippen molar-refractivity contribution in [3.8, 4) is 0 Å². The number of aryl methyl sites for hydroxylation is 1. The van der Waals surface area contributed by atoms with Crippen LogP contribution in [0, 0.1) is 12.7 Å². The number of quaternary nitrogens is 1. The molecule has 8 nitrogen and oxygen atoms in total. The lowest BCUT2D eigenvalue weighted by atomic mass is 10.2. The molecule has 2 aromatic carbocycles. The monoisotopic (exact) mass is 577 g/mol. The van der Waals surface area contributed by atoms with Crippen LogP contribution >= 0.6 is 34.8 Å². The van der Waals surface area contributed by atoms with Gasteiger partial charge in [0, 0.05) is 18.8 Å². The Labute approximate surface area is 224 Å². The van der Waals surface area contributed by atoms with Crippen LogP contribution in [0.25, 0.3) is 0 Å². The summed E-state index contributed by atoms with van der Waals surface area (Å²) in [6.45, 7) is 6.49. The summed E-state index contributed by atoms with van der Waals surface area (Å²) in [5.41, 5.74) is 0.869. The van der Waals surface area contributed by atoms with Crippen molar-refractivity contribution >= 4 is 68.0 Å². The standard InChI is InChI=1S/C23H25Cl3FN4O4S/c1-13-12-14(36(34,35)22(2,3)4)10-11-16(13)28-20(23(24,25)26)30-18-19(32)29(5)21(33)31(18,30)17-9-7-6-8-15(17)27/h6-12,18,20,28H,1-5H3/q+1. The van der Waals surface area contributed by atoms with Crippen LogP contribution in [-0.4, -0.2) is 58.2 Å². The van der Waals surface area contributed by atoms with Crippen molar-refractivity contribution in [2.24, 2.45) is 0 Å². The number of carbonyl (C=O) groups is 2. The van der Waals surface area contributed by atoms with Crippen molar-refractivity contribution < 1.29 is 22.4 Å². The highest BCUT2D eigenvalue weighted by molar-refractivity contribution is 7.92. The molecular weight excluding hydrogens is 554 g/mol. The number of urea groups is 1. The Hall–Kier alpha value is -1.95. The van der Waals surface area contributed by atoms with Gasteiger partial charge in [0.15, 0.2) is 27.5 Å². The van der Waals surface area contributed by atoms with Gasteiger partial charge in [-0.25, -0.2) is 22.5 Å². The van der Waals surface area contributed by atoms with Gasteiger partial charge in [0.2, 0.25) is 3.79 Å². The number of carbonyl (C=O) groups excluding carboxylic acids is 2. The van der Waals surface area contributed by atoms with Gasteiger partial charge < -0.3 is 5.32 Å². The van der Waals surface area contributed by atoms with Gasteiger partial charge in [0.25, 0.3) is 0 Å². The molecule has 4 unspecified atom stereocenters. The fraction of sp³-hybridized carbons (Fsp3) is 0.391. The molecule has 13 heteroatoms. The van der Waals surface area contributed by atoms with Crippen molar-refractivity contribution in [2.75, 3.05) is 12.4 Å². The number of hydrogen-bond donors (Lipinski definition) is 1. The fourth-order valence-electron chi connectivity index (χ4n) is 4.42. The van der Waals surface area contributed by atoms with Crippen LogP contribution in [0.15, 0.2) is 47.4 Å². The van der Waals surface area contributed by atoms with Crippen molar-refractivity contribution in [1.82, 2.24) is 14.5 Å². The number of anilines is 1. The molecule has 0 aromatic heterocycles. The number of benzene rings is 2. The number of halogens is 4. The molecule has 2 heterocycles. The third-order valence-corrected chi connectivity index (χ3v) is 9.55. The van der Waals surface area contributed by atoms with E-state index in [2.05, 4.69) is 5.32 Å². The largest absolute Gasteiger partial charge is 0.452 e. The van der Waals surface area contributed by atoms with Crippen LogP contribution in [-0.2, 0) is 14.6 Å². The average molecular weight is 579 g/mol. The van der Waals surface area contributed by atoms with E-state index < -0.39 is 53.1 Å². The minimum absolute atomic E-state index is 0.0606. The van der Waals surface area contributed by atoms with Gasteiger partial charge in [-0.1, -0.05) is 51.5 Å². The lowest BCUT2D eigenvalue weighted by Crippen LogP contribution is -2.53. The summed E-state index contributed by atoms with van der Waals surface area (Å²) in [5.74, 6) is -1.27. The van der Waals surface area contributed by atoms with Crippen molar-refractivity contribution in [3.05, 3.63) is 53.8 Å². The van der Waals surface area contributed by atoms with Crippen molar-refractivity contribution in [3.63, 3.8) is 0 Å². The lowest BCUT2D eigenvalue weighted by Gasteiger charge is -2.29. The fourth-order valence-corrected chi connectivity index (χ4v) is 6.17. The van der Waals surface area contributed by atoms with E-state index in [4.69, 9.17) is 34.8 Å². The van der Waals surface area contributed by atoms with Crippen molar-refractivity contribution in [2.45, 2.75) is 53.5 Å². The van der Waals surface area contributed by atoms with E-state index in [0.717, 1.165) is 4.90 Å². The molecule has 0 saturated carbocycles. The van der Waals surface area contributed by atoms with Crippen LogP contribution in [0.3, 0.4) is 0 Å². The highest BCUT2D eigenvalue weighted by Crippen LogP contribution is 2.55. The number of rotatable bonds is 5. The number of alkyl halides is 3. The molecule has 0 radical (unpaired) electrons. The average Bonchev–Trinajstić information content (AvgIpc) is 3.39. The first-order chi connectivity index (χ1) is 16.5. The molecule has 4 rings (SSSR count). The van der Waals surface area contributed by atoms with Gasteiger partial charge in [0.1, 0.15) is 0 Å². The zero-order chi connectivity index (χ0) is 27.0. The molecular formula is C23H25Cl3FN4O4S+. The molecule has 4 atom stereocenters. The summed E-state index contributed by atoms with van der Waals surface area (Å²) in [6, 6.07) is 9.35. The van der Waals surface area contributed by atoms with Gasteiger partial charge in [-0.2, -0.15) is 0 Å². The zero-order valence-corrected chi connectivity index (χ0v) is 23.2. The molecule has 1 N–H and O–H groups in total. The number of amides is 3. The minimum Gasteiger partial charge on any atom is -0.362 e. The van der Waals surface area contributed by atoms with Crippen LogP contribution in [0.1, 0.15) is 26.3 Å². The highest BCUT2D eigenvalue weighted by atomic mass is 35.6. The Morgan fingerprint density at radius 1 is 1.08 bits per heavy atom. The second-order valence-electron chi connectivity index (χ2n) is 9.75. The first-order valence-corrected chi connectivity index (χ1v) is 13.5. The summed E-state index contributed by atoms with van der Waals surface area (Å²) >= 11 is 19.0. The summed E-state index contributed by atoms with van der Waals surface area (Å²) in [7, 11) is -2.30. The Kier molecular flexibility index (Phi) is 6.43. The molecule has 2 aromatic rings. The van der Waals surface area contributed by atoms with Crippen LogP contribution in [0.5, 0.6) is 0 Å². The van der Waals surface area contributed by atoms with Crippen LogP contribution < -0.4 is 9.91 Å². The molecule has 2 aliphatic rings. The first kappa shape index (κ1) is 27.1. The van der Waals surface area contributed by atoms with Crippen LogP contribution in [0.4, 0.5) is 20.6 Å². The second-order valence-corrected chi connectivity index (χ2v) is 14.8. The van der Waals surface area contributed by atoms with Gasteiger partial charge in [-0.15, -0.1) is 0 Å². The second kappa shape index (κ2) is 8.54. The normalized spacial score (nSPS) is 25.1. The number of para-hydroxylation sites is 1. The van der Waals surface area contributed by atoms with E-state index in [1.54, 1.807) is 33.8 Å². The molecule has 2 aliphatic heterocycles. The summed E-state index contributed by atoms with van der Waals surface area (Å²) in [4.78, 5) is 27.3. The quantitative estimate of drug-likeness (QED) is 0.233. The number of likely N-dealkylation sites (N-methyl/N-ethyl adjacent to an activating group) is 1. The molecule has 2 saturated heterocycles. The maximum Gasteiger partial charge on any atom is 0.452 e. The van der Waals surface area contributed by atoms with E-state index in [9.17, 15) is 22.4 Å². The summed E-state index contributed by atoms with van der Waals surface area (Å²) in [5, 5.41) is 4.34. The van der Waals surface area contributed by atoms with Gasteiger partial charge >= 0.3 is 18.1 Å². The predicted octanol–water partition coefficient (Wildman–Crippen LogP) is 4.97. The highest BCUT2D eigenvalue weighted by Gasteiger charge is 2.86.